The van der Waals surface area contributed by atoms with Gasteiger partial charge in [0.1, 0.15) is 18.2 Å². The molecule has 1 atom stereocenters. The summed E-state index contributed by atoms with van der Waals surface area (Å²) < 4.78 is 24.5. The maximum absolute atomic E-state index is 13.1. The molecule has 2 aliphatic rings. The fourth-order valence-corrected chi connectivity index (χ4v) is 3.42. The lowest BCUT2D eigenvalue weighted by Crippen LogP contribution is -2.27. The standard InChI is InChI=1S/C21H22FNO3/c22-16-8-6-15(7-9-16)21(10-11-21)20(24)23-17-3-1-4-18(13-17)26-14-19-5-2-12-25-19/h1,3-4,6-9,13,19H,2,5,10-12,14H2,(H,23,24). The Bertz CT molecular complexity index is 780. The fourth-order valence-electron chi connectivity index (χ4n) is 3.42. The molecule has 2 aromatic rings. The molecule has 2 aromatic carbocycles. The number of halogens is 1. The lowest BCUT2D eigenvalue weighted by Gasteiger charge is -2.17. The van der Waals surface area contributed by atoms with Crippen LogP contribution in [0.2, 0.25) is 0 Å². The van der Waals surface area contributed by atoms with E-state index in [1.165, 1.54) is 12.1 Å². The molecule has 1 saturated carbocycles. The summed E-state index contributed by atoms with van der Waals surface area (Å²) in [4.78, 5) is 12.8. The first-order chi connectivity index (χ1) is 12.7. The van der Waals surface area contributed by atoms with Gasteiger partial charge < -0.3 is 14.8 Å². The zero-order valence-corrected chi connectivity index (χ0v) is 14.5. The number of hydrogen-bond acceptors (Lipinski definition) is 3. The Kier molecular flexibility index (Phi) is 4.64. The molecule has 4 nitrogen and oxygen atoms in total. The lowest BCUT2D eigenvalue weighted by atomic mass is 9.95. The van der Waals surface area contributed by atoms with Gasteiger partial charge in [0.05, 0.1) is 11.5 Å². The molecule has 4 rings (SSSR count). The number of ether oxygens (including phenoxy) is 2. The molecule has 136 valence electrons. The average molecular weight is 355 g/mol. The van der Waals surface area contributed by atoms with Gasteiger partial charge in [0, 0.05) is 18.4 Å². The van der Waals surface area contributed by atoms with Gasteiger partial charge in [0.25, 0.3) is 0 Å². The molecule has 1 amide bonds. The molecule has 1 saturated heterocycles. The molecule has 5 heteroatoms. The van der Waals surface area contributed by atoms with Crippen molar-refractivity contribution in [3.63, 3.8) is 0 Å². The zero-order valence-electron chi connectivity index (χ0n) is 14.5. The summed E-state index contributed by atoms with van der Waals surface area (Å²) in [6.07, 6.45) is 3.81. The van der Waals surface area contributed by atoms with Crippen molar-refractivity contribution in [3.8, 4) is 5.75 Å². The highest BCUT2D eigenvalue weighted by Crippen LogP contribution is 2.49. The van der Waals surface area contributed by atoms with Crippen molar-refractivity contribution in [2.24, 2.45) is 0 Å². The number of carbonyl (C=O) groups excluding carboxylic acids is 1. The van der Waals surface area contributed by atoms with Crippen LogP contribution >= 0.6 is 0 Å². The SMILES string of the molecule is O=C(Nc1cccc(OCC2CCCO2)c1)C1(c2ccc(F)cc2)CC1. The minimum Gasteiger partial charge on any atom is -0.491 e. The highest BCUT2D eigenvalue weighted by molar-refractivity contribution is 6.01. The maximum atomic E-state index is 13.1. The van der Waals surface area contributed by atoms with Gasteiger partial charge in [-0.15, -0.1) is 0 Å². The van der Waals surface area contributed by atoms with Crippen molar-refractivity contribution < 1.29 is 18.7 Å². The third kappa shape index (κ3) is 3.58. The number of nitrogens with one attached hydrogen (secondary N) is 1. The van der Waals surface area contributed by atoms with E-state index in [4.69, 9.17) is 9.47 Å². The van der Waals surface area contributed by atoms with Gasteiger partial charge in [-0.3, -0.25) is 4.79 Å². The van der Waals surface area contributed by atoms with Gasteiger partial charge in [0.15, 0.2) is 0 Å². The first kappa shape index (κ1) is 17.0. The Labute approximate surface area is 152 Å². The first-order valence-corrected chi connectivity index (χ1v) is 9.08. The van der Waals surface area contributed by atoms with E-state index in [-0.39, 0.29) is 17.8 Å². The Morgan fingerprint density at radius 2 is 2.04 bits per heavy atom. The Hall–Kier alpha value is -2.40. The molecule has 1 aliphatic heterocycles. The van der Waals surface area contributed by atoms with E-state index in [2.05, 4.69) is 5.32 Å². The van der Waals surface area contributed by atoms with Crippen molar-refractivity contribution in [1.29, 1.82) is 0 Å². The molecule has 0 aromatic heterocycles. The van der Waals surface area contributed by atoms with Crippen LogP contribution in [0.4, 0.5) is 10.1 Å². The topological polar surface area (TPSA) is 47.6 Å². The monoisotopic (exact) mass is 355 g/mol. The summed E-state index contributed by atoms with van der Waals surface area (Å²) in [7, 11) is 0. The Morgan fingerprint density at radius 1 is 1.23 bits per heavy atom. The van der Waals surface area contributed by atoms with Gasteiger partial charge in [-0.05, 0) is 55.5 Å². The molecule has 1 heterocycles. The van der Waals surface area contributed by atoms with Crippen molar-refractivity contribution in [2.75, 3.05) is 18.5 Å². The minimum absolute atomic E-state index is 0.0552. The highest BCUT2D eigenvalue weighted by atomic mass is 19.1. The number of carbonyl (C=O) groups is 1. The van der Waals surface area contributed by atoms with E-state index in [0.717, 1.165) is 37.9 Å². The van der Waals surface area contributed by atoms with Gasteiger partial charge in [-0.25, -0.2) is 4.39 Å². The molecule has 2 fully saturated rings. The zero-order chi connectivity index (χ0) is 18.0. The second-order valence-corrected chi connectivity index (χ2v) is 7.02. The first-order valence-electron chi connectivity index (χ1n) is 9.08. The van der Waals surface area contributed by atoms with Crippen LogP contribution in [-0.2, 0) is 14.9 Å². The van der Waals surface area contributed by atoms with E-state index in [1.54, 1.807) is 12.1 Å². The summed E-state index contributed by atoms with van der Waals surface area (Å²) in [5.74, 6) is 0.367. The van der Waals surface area contributed by atoms with Crippen molar-refractivity contribution in [2.45, 2.75) is 37.2 Å². The van der Waals surface area contributed by atoms with Gasteiger partial charge in [-0.1, -0.05) is 18.2 Å². The number of hydrogen-bond donors (Lipinski definition) is 1. The largest absolute Gasteiger partial charge is 0.491 e. The van der Waals surface area contributed by atoms with Crippen molar-refractivity contribution >= 4 is 11.6 Å². The maximum Gasteiger partial charge on any atom is 0.235 e. The van der Waals surface area contributed by atoms with Crippen LogP contribution in [0.3, 0.4) is 0 Å². The molecule has 1 N–H and O–H groups in total. The third-order valence-corrected chi connectivity index (χ3v) is 5.13. The third-order valence-electron chi connectivity index (χ3n) is 5.13. The number of amides is 1. The summed E-state index contributed by atoms with van der Waals surface area (Å²) in [5.41, 5.74) is 1.03. The molecule has 1 unspecified atom stereocenters. The summed E-state index contributed by atoms with van der Waals surface area (Å²) in [6.45, 7) is 1.33. The highest BCUT2D eigenvalue weighted by Gasteiger charge is 2.51. The summed E-state index contributed by atoms with van der Waals surface area (Å²) >= 11 is 0. The smallest absolute Gasteiger partial charge is 0.235 e. The van der Waals surface area contributed by atoms with Crippen LogP contribution in [0, 0.1) is 5.82 Å². The quantitative estimate of drug-likeness (QED) is 0.850. The molecule has 26 heavy (non-hydrogen) atoms. The van der Waals surface area contributed by atoms with Gasteiger partial charge in [-0.2, -0.15) is 0 Å². The van der Waals surface area contributed by atoms with Crippen LogP contribution in [-0.4, -0.2) is 25.2 Å². The van der Waals surface area contributed by atoms with E-state index < -0.39 is 5.41 Å². The van der Waals surface area contributed by atoms with Crippen molar-refractivity contribution in [1.82, 2.24) is 0 Å². The summed E-state index contributed by atoms with van der Waals surface area (Å²) in [5, 5.41) is 2.98. The molecule has 1 aliphatic carbocycles. The predicted octanol–water partition coefficient (Wildman–Crippen LogP) is 4.05. The van der Waals surface area contributed by atoms with Crippen LogP contribution < -0.4 is 10.1 Å². The Balaban J connectivity index is 1.41. The van der Waals surface area contributed by atoms with Crippen LogP contribution in [0.1, 0.15) is 31.2 Å². The fraction of sp³-hybridized carbons (Fsp3) is 0.381. The summed E-state index contributed by atoms with van der Waals surface area (Å²) in [6, 6.07) is 13.6. The molecule has 0 radical (unpaired) electrons. The Morgan fingerprint density at radius 3 is 2.73 bits per heavy atom. The molecular formula is C21H22FNO3. The van der Waals surface area contributed by atoms with Crippen molar-refractivity contribution in [3.05, 3.63) is 59.9 Å². The average Bonchev–Trinajstić information content (AvgIpc) is 3.30. The molecular weight excluding hydrogens is 333 g/mol. The van der Waals surface area contributed by atoms with E-state index >= 15 is 0 Å². The van der Waals surface area contributed by atoms with E-state index in [1.807, 2.05) is 24.3 Å². The number of rotatable bonds is 6. The normalized spacial score (nSPS) is 20.6. The van der Waals surface area contributed by atoms with Crippen LogP contribution in [0.5, 0.6) is 5.75 Å². The van der Waals surface area contributed by atoms with Crippen LogP contribution in [0.15, 0.2) is 48.5 Å². The van der Waals surface area contributed by atoms with Crippen LogP contribution in [0.25, 0.3) is 0 Å². The van der Waals surface area contributed by atoms with Gasteiger partial charge >= 0.3 is 0 Å². The second kappa shape index (κ2) is 7.08. The minimum atomic E-state index is -0.539. The number of benzene rings is 2. The van der Waals surface area contributed by atoms with E-state index in [0.29, 0.717) is 18.0 Å². The number of anilines is 1. The predicted molar refractivity (Wildman–Crippen MR) is 96.9 cm³/mol. The molecule has 0 spiro atoms. The second-order valence-electron chi connectivity index (χ2n) is 7.02. The van der Waals surface area contributed by atoms with E-state index in [9.17, 15) is 9.18 Å². The van der Waals surface area contributed by atoms with Gasteiger partial charge in [0.2, 0.25) is 5.91 Å². The molecule has 0 bridgehead atoms. The lowest BCUT2D eigenvalue weighted by molar-refractivity contribution is -0.118.